The Kier molecular flexibility index (Phi) is 3.36. The first-order valence-electron chi connectivity index (χ1n) is 5.23. The Morgan fingerprint density at radius 1 is 0.810 bits per heavy atom. The molecule has 1 nitrogen and oxygen atoms in total. The molecule has 0 aliphatic carbocycles. The Morgan fingerprint density at radius 2 is 1.38 bits per heavy atom. The summed E-state index contributed by atoms with van der Waals surface area (Å²) in [4.78, 5) is 0. The predicted octanol–water partition coefficient (Wildman–Crippen LogP) is 4.07. The van der Waals surface area contributed by atoms with Crippen molar-refractivity contribution in [1.29, 1.82) is 0 Å². The maximum atomic E-state index is 13.5. The second-order valence-electron chi connectivity index (χ2n) is 4.09. The summed E-state index contributed by atoms with van der Waals surface area (Å²) < 4.78 is 106. The van der Waals surface area contributed by atoms with Crippen molar-refractivity contribution >= 4 is 10.8 Å². The molecule has 0 aromatic heterocycles. The van der Waals surface area contributed by atoms with Crippen LogP contribution in [0.25, 0.3) is 10.8 Å². The number of halogens is 8. The molecule has 0 radical (unpaired) electrons. The third kappa shape index (κ3) is 2.11. The highest BCUT2D eigenvalue weighted by molar-refractivity contribution is 5.88. The molecule has 0 aliphatic rings. The van der Waals surface area contributed by atoms with Gasteiger partial charge in [-0.2, -0.15) is 17.6 Å². The van der Waals surface area contributed by atoms with Crippen molar-refractivity contribution in [2.24, 2.45) is 0 Å². The molecule has 114 valence electrons. The standard InChI is InChI=1S/C12H4F8O/c13-5-3-1-2-4-6(5)8(14)10(16)9(15)7(4)11(17,18)12(19,20)21/h1-3,21H. The highest BCUT2D eigenvalue weighted by Crippen LogP contribution is 2.46. The van der Waals surface area contributed by atoms with Crippen molar-refractivity contribution in [1.82, 2.24) is 0 Å². The van der Waals surface area contributed by atoms with Crippen LogP contribution < -0.4 is 0 Å². The van der Waals surface area contributed by atoms with E-state index in [0.29, 0.717) is 18.2 Å². The zero-order valence-corrected chi connectivity index (χ0v) is 9.70. The summed E-state index contributed by atoms with van der Waals surface area (Å²) >= 11 is 0. The molecule has 9 heteroatoms. The number of fused-ring (bicyclic) bond motifs is 1. The Hall–Kier alpha value is -1.90. The quantitative estimate of drug-likeness (QED) is 0.654. The number of alkyl halides is 4. The van der Waals surface area contributed by atoms with E-state index in [1.54, 1.807) is 0 Å². The Balaban J connectivity index is 3.04. The van der Waals surface area contributed by atoms with Crippen molar-refractivity contribution in [3.8, 4) is 0 Å². The van der Waals surface area contributed by atoms with E-state index in [0.717, 1.165) is 0 Å². The number of benzene rings is 2. The number of aliphatic hydroxyl groups is 1. The first-order chi connectivity index (χ1) is 9.50. The molecule has 1 N–H and O–H groups in total. The predicted molar refractivity (Wildman–Crippen MR) is 54.8 cm³/mol. The molecule has 0 saturated heterocycles. The first-order valence-corrected chi connectivity index (χ1v) is 5.23. The SMILES string of the molecule is OC(F)(F)C(F)(F)c1c(F)c(F)c(F)c2c(F)cccc12. The molecular formula is C12H4F8O. The second-order valence-corrected chi connectivity index (χ2v) is 4.09. The van der Waals surface area contributed by atoms with Gasteiger partial charge in [0.1, 0.15) is 5.82 Å². The van der Waals surface area contributed by atoms with E-state index in [4.69, 9.17) is 5.11 Å². The molecule has 0 fully saturated rings. The van der Waals surface area contributed by atoms with Gasteiger partial charge < -0.3 is 5.11 Å². The number of hydrogen-bond donors (Lipinski definition) is 1. The van der Waals surface area contributed by atoms with Gasteiger partial charge in [0.2, 0.25) is 0 Å². The largest absolute Gasteiger partial charge is 0.421 e. The maximum absolute atomic E-state index is 13.5. The summed E-state index contributed by atoms with van der Waals surface area (Å²) in [5, 5.41) is 5.42. The number of rotatable bonds is 2. The van der Waals surface area contributed by atoms with Crippen LogP contribution in [-0.4, -0.2) is 11.2 Å². The minimum absolute atomic E-state index is 0.499. The monoisotopic (exact) mass is 316 g/mol. The van der Waals surface area contributed by atoms with Gasteiger partial charge in [0, 0.05) is 5.39 Å². The fourth-order valence-electron chi connectivity index (χ4n) is 1.85. The van der Waals surface area contributed by atoms with Crippen LogP contribution in [0.4, 0.5) is 35.1 Å². The van der Waals surface area contributed by atoms with Gasteiger partial charge in [-0.05, 0) is 6.07 Å². The minimum atomic E-state index is -5.77. The van der Waals surface area contributed by atoms with Gasteiger partial charge >= 0.3 is 12.0 Å². The van der Waals surface area contributed by atoms with Crippen LogP contribution in [0, 0.1) is 23.3 Å². The second kappa shape index (κ2) is 4.55. The topological polar surface area (TPSA) is 20.2 Å². The summed E-state index contributed by atoms with van der Waals surface area (Å²) in [6.45, 7) is 0. The highest BCUT2D eigenvalue weighted by atomic mass is 19.3. The zero-order valence-electron chi connectivity index (χ0n) is 9.70. The summed E-state index contributed by atoms with van der Waals surface area (Å²) in [7, 11) is 0. The molecule has 2 rings (SSSR count). The Morgan fingerprint density at radius 3 is 1.90 bits per heavy atom. The molecule has 2 aromatic rings. The third-order valence-corrected chi connectivity index (χ3v) is 2.80. The molecule has 0 atom stereocenters. The lowest BCUT2D eigenvalue weighted by atomic mass is 9.97. The smallest absolute Gasteiger partial charge is 0.331 e. The van der Waals surface area contributed by atoms with E-state index in [1.807, 2.05) is 0 Å². The summed E-state index contributed by atoms with van der Waals surface area (Å²) in [6, 6.07) is 1.75. The van der Waals surface area contributed by atoms with Crippen molar-refractivity contribution in [2.75, 3.05) is 0 Å². The molecule has 0 amide bonds. The van der Waals surface area contributed by atoms with Crippen LogP contribution >= 0.6 is 0 Å². The molecule has 0 spiro atoms. The van der Waals surface area contributed by atoms with Gasteiger partial charge in [-0.25, -0.2) is 17.6 Å². The van der Waals surface area contributed by atoms with E-state index in [2.05, 4.69) is 0 Å². The lowest BCUT2D eigenvalue weighted by Crippen LogP contribution is -2.39. The average Bonchev–Trinajstić information content (AvgIpc) is 2.34. The van der Waals surface area contributed by atoms with Crippen molar-refractivity contribution in [3.63, 3.8) is 0 Å². The van der Waals surface area contributed by atoms with Crippen molar-refractivity contribution < 1.29 is 40.2 Å². The zero-order chi connectivity index (χ0) is 16.2. The minimum Gasteiger partial charge on any atom is -0.331 e. The lowest BCUT2D eigenvalue weighted by molar-refractivity contribution is -0.332. The van der Waals surface area contributed by atoms with Gasteiger partial charge in [0.15, 0.2) is 17.5 Å². The maximum Gasteiger partial charge on any atom is 0.421 e. The molecule has 0 bridgehead atoms. The fourth-order valence-corrected chi connectivity index (χ4v) is 1.85. The number of hydrogen-bond acceptors (Lipinski definition) is 1. The van der Waals surface area contributed by atoms with Crippen LogP contribution in [0.3, 0.4) is 0 Å². The summed E-state index contributed by atoms with van der Waals surface area (Å²) in [5.74, 6) is -14.5. The van der Waals surface area contributed by atoms with E-state index in [1.165, 1.54) is 0 Å². The lowest BCUT2D eigenvalue weighted by Gasteiger charge is -2.24. The van der Waals surface area contributed by atoms with Gasteiger partial charge in [-0.3, -0.25) is 0 Å². The Labute approximate surface area is 111 Å². The molecular weight excluding hydrogens is 312 g/mol. The average molecular weight is 316 g/mol. The van der Waals surface area contributed by atoms with Crippen molar-refractivity contribution in [2.45, 2.75) is 12.0 Å². The molecule has 0 saturated carbocycles. The van der Waals surface area contributed by atoms with Crippen molar-refractivity contribution in [3.05, 3.63) is 47.0 Å². The van der Waals surface area contributed by atoms with Gasteiger partial charge in [0.25, 0.3) is 0 Å². The van der Waals surface area contributed by atoms with Crippen LogP contribution in [0.5, 0.6) is 0 Å². The van der Waals surface area contributed by atoms with Gasteiger partial charge in [-0.1, -0.05) is 12.1 Å². The van der Waals surface area contributed by atoms with E-state index in [-0.39, 0.29) is 0 Å². The fraction of sp³-hybridized carbons (Fsp3) is 0.167. The van der Waals surface area contributed by atoms with E-state index in [9.17, 15) is 35.1 Å². The molecule has 0 unspecified atom stereocenters. The molecule has 2 aromatic carbocycles. The Bertz CT molecular complexity index is 719. The van der Waals surface area contributed by atoms with Crippen LogP contribution in [-0.2, 0) is 5.92 Å². The summed E-state index contributed by atoms with van der Waals surface area (Å²) in [6.07, 6.45) is -5.77. The molecule has 0 heterocycles. The van der Waals surface area contributed by atoms with Gasteiger partial charge in [-0.15, -0.1) is 0 Å². The van der Waals surface area contributed by atoms with E-state index < -0.39 is 51.6 Å². The van der Waals surface area contributed by atoms with Crippen LogP contribution in [0.15, 0.2) is 18.2 Å². The third-order valence-electron chi connectivity index (χ3n) is 2.80. The summed E-state index contributed by atoms with van der Waals surface area (Å²) in [5.41, 5.74) is -2.33. The van der Waals surface area contributed by atoms with Gasteiger partial charge in [0.05, 0.1) is 10.9 Å². The normalized spacial score (nSPS) is 13.0. The molecule has 0 aliphatic heterocycles. The van der Waals surface area contributed by atoms with E-state index >= 15 is 0 Å². The molecule has 21 heavy (non-hydrogen) atoms. The van der Waals surface area contributed by atoms with Crippen LogP contribution in [0.1, 0.15) is 5.56 Å². The first kappa shape index (κ1) is 15.5. The highest BCUT2D eigenvalue weighted by Gasteiger charge is 2.59. The van der Waals surface area contributed by atoms with Crippen LogP contribution in [0.2, 0.25) is 0 Å².